The zero-order valence-electron chi connectivity index (χ0n) is 12.3. The van der Waals surface area contributed by atoms with Crippen molar-refractivity contribution < 1.29 is 23.5 Å². The van der Waals surface area contributed by atoms with E-state index in [0.717, 1.165) is 28.4 Å². The molecule has 0 atom stereocenters. The van der Waals surface area contributed by atoms with Gasteiger partial charge in [0.2, 0.25) is 0 Å². The van der Waals surface area contributed by atoms with Crippen LogP contribution in [0.3, 0.4) is 0 Å². The van der Waals surface area contributed by atoms with Gasteiger partial charge in [0.1, 0.15) is 28.9 Å². The van der Waals surface area contributed by atoms with E-state index in [1.807, 2.05) is 6.92 Å². The molecule has 1 heterocycles. The fourth-order valence-electron chi connectivity index (χ4n) is 2.04. The molecule has 1 aromatic heterocycles. The first-order valence-electron chi connectivity index (χ1n) is 6.85. The van der Waals surface area contributed by atoms with Crippen molar-refractivity contribution in [1.29, 1.82) is 0 Å². The number of carbonyl (C=O) groups excluding carboxylic acids is 1. The number of nitrogens with zero attached hydrogens (tertiary/aromatic N) is 2. The summed E-state index contributed by atoms with van der Waals surface area (Å²) < 4.78 is 27.5. The Morgan fingerprint density at radius 3 is 2.52 bits per heavy atom. The lowest BCUT2D eigenvalue weighted by molar-refractivity contribution is -0.137. The van der Waals surface area contributed by atoms with E-state index < -0.39 is 30.1 Å². The Kier molecular flexibility index (Phi) is 5.38. The minimum Gasteiger partial charge on any atom is -0.480 e. The normalized spacial score (nSPS) is 10.6. The smallest absolute Gasteiger partial charge is 0.323 e. The van der Waals surface area contributed by atoms with E-state index >= 15 is 0 Å². The Morgan fingerprint density at radius 2 is 1.96 bits per heavy atom. The largest absolute Gasteiger partial charge is 0.480 e. The average Bonchev–Trinajstić information content (AvgIpc) is 2.95. The monoisotopic (exact) mass is 340 g/mol. The lowest BCUT2D eigenvalue weighted by Gasteiger charge is -2.18. The third-order valence-corrected chi connectivity index (χ3v) is 3.87. The van der Waals surface area contributed by atoms with E-state index in [0.29, 0.717) is 6.42 Å². The zero-order chi connectivity index (χ0) is 17.0. The highest BCUT2D eigenvalue weighted by Gasteiger charge is 2.22. The average molecular weight is 340 g/mol. The van der Waals surface area contributed by atoms with Gasteiger partial charge < -0.3 is 10.0 Å². The highest BCUT2D eigenvalue weighted by molar-refractivity contribution is 7.13. The first-order valence-corrected chi connectivity index (χ1v) is 7.73. The molecule has 1 aromatic carbocycles. The first-order chi connectivity index (χ1) is 10.9. The summed E-state index contributed by atoms with van der Waals surface area (Å²) in [5.74, 6) is -3.25. The number of hydrogen-bond donors (Lipinski definition) is 1. The molecule has 122 valence electrons. The van der Waals surface area contributed by atoms with Crippen LogP contribution in [0.2, 0.25) is 0 Å². The third-order valence-electron chi connectivity index (χ3n) is 3.01. The van der Waals surface area contributed by atoms with E-state index in [-0.39, 0.29) is 22.8 Å². The second kappa shape index (κ2) is 7.28. The van der Waals surface area contributed by atoms with Crippen molar-refractivity contribution in [3.8, 4) is 10.6 Å². The Hall–Kier alpha value is -2.35. The highest BCUT2D eigenvalue weighted by Crippen LogP contribution is 2.29. The number of aliphatic carboxylic acids is 1. The van der Waals surface area contributed by atoms with Gasteiger partial charge in [-0.1, -0.05) is 13.0 Å². The molecule has 1 amide bonds. The Balaban J connectivity index is 2.30. The summed E-state index contributed by atoms with van der Waals surface area (Å²) in [4.78, 5) is 28.2. The van der Waals surface area contributed by atoms with Crippen LogP contribution >= 0.6 is 11.3 Å². The standard InChI is InChI=1S/C15H14F2N2O3S/c1-2-6-19(7-12(20)21)15(22)11-8-23-14(18-11)13-9(16)4-3-5-10(13)17/h3-5,8H,2,6-7H2,1H3,(H,20,21). The van der Waals surface area contributed by atoms with Gasteiger partial charge in [-0.3, -0.25) is 9.59 Å². The van der Waals surface area contributed by atoms with Gasteiger partial charge in [0.15, 0.2) is 0 Å². The van der Waals surface area contributed by atoms with Crippen LogP contribution in [-0.2, 0) is 4.79 Å². The molecule has 0 saturated heterocycles. The van der Waals surface area contributed by atoms with Gasteiger partial charge in [-0.2, -0.15) is 0 Å². The van der Waals surface area contributed by atoms with Crippen LogP contribution in [0.25, 0.3) is 10.6 Å². The third kappa shape index (κ3) is 3.89. The van der Waals surface area contributed by atoms with Crippen molar-refractivity contribution in [3.63, 3.8) is 0 Å². The number of rotatable bonds is 6. The highest BCUT2D eigenvalue weighted by atomic mass is 32.1. The second-order valence-corrected chi connectivity index (χ2v) is 5.61. The fourth-order valence-corrected chi connectivity index (χ4v) is 2.88. The number of benzene rings is 1. The van der Waals surface area contributed by atoms with Crippen LogP contribution < -0.4 is 0 Å². The molecule has 0 unspecified atom stereocenters. The van der Waals surface area contributed by atoms with Crippen molar-refractivity contribution >= 4 is 23.2 Å². The second-order valence-electron chi connectivity index (χ2n) is 4.76. The van der Waals surface area contributed by atoms with Crippen molar-refractivity contribution in [3.05, 3.63) is 40.9 Å². The summed E-state index contributed by atoms with van der Waals surface area (Å²) >= 11 is 0.928. The minimum atomic E-state index is -1.14. The molecular formula is C15H14F2N2O3S. The molecule has 0 spiro atoms. The van der Waals surface area contributed by atoms with E-state index in [1.165, 1.54) is 11.4 Å². The number of amides is 1. The minimum absolute atomic E-state index is 0.0256. The number of carboxylic acids is 1. The van der Waals surface area contributed by atoms with Crippen molar-refractivity contribution in [2.75, 3.05) is 13.1 Å². The van der Waals surface area contributed by atoms with E-state index in [1.54, 1.807) is 0 Å². The summed E-state index contributed by atoms with van der Waals surface area (Å²) in [6.45, 7) is 1.61. The number of aromatic nitrogens is 1. The Labute approximate surface area is 135 Å². The number of carbonyl (C=O) groups is 2. The van der Waals surface area contributed by atoms with Gasteiger partial charge >= 0.3 is 5.97 Å². The molecule has 0 aliphatic carbocycles. The molecule has 8 heteroatoms. The molecular weight excluding hydrogens is 326 g/mol. The zero-order valence-corrected chi connectivity index (χ0v) is 13.1. The van der Waals surface area contributed by atoms with Crippen molar-refractivity contribution in [2.24, 2.45) is 0 Å². The number of thiazole rings is 1. The summed E-state index contributed by atoms with van der Waals surface area (Å²) in [5, 5.41) is 10.3. The van der Waals surface area contributed by atoms with Crippen molar-refractivity contribution in [1.82, 2.24) is 9.88 Å². The Bertz CT molecular complexity index is 713. The van der Waals surface area contributed by atoms with Crippen LogP contribution in [0.5, 0.6) is 0 Å². The maximum Gasteiger partial charge on any atom is 0.323 e. The number of halogens is 2. The summed E-state index contributed by atoms with van der Waals surface area (Å²) in [6, 6.07) is 3.45. The van der Waals surface area contributed by atoms with Crippen molar-refractivity contribution in [2.45, 2.75) is 13.3 Å². The lowest BCUT2D eigenvalue weighted by Crippen LogP contribution is -2.36. The Morgan fingerprint density at radius 1 is 1.30 bits per heavy atom. The molecule has 0 bridgehead atoms. The molecule has 0 aliphatic heterocycles. The van der Waals surface area contributed by atoms with Crippen LogP contribution in [0, 0.1) is 11.6 Å². The molecule has 5 nitrogen and oxygen atoms in total. The molecule has 0 aliphatic rings. The summed E-state index contributed by atoms with van der Waals surface area (Å²) in [6.07, 6.45) is 0.581. The van der Waals surface area contributed by atoms with E-state index in [2.05, 4.69) is 4.98 Å². The topological polar surface area (TPSA) is 70.5 Å². The van der Waals surface area contributed by atoms with E-state index in [4.69, 9.17) is 5.11 Å². The van der Waals surface area contributed by atoms with Gasteiger partial charge in [-0.25, -0.2) is 13.8 Å². The van der Waals surface area contributed by atoms with Crippen LogP contribution in [-0.4, -0.2) is 40.0 Å². The predicted octanol–water partition coefficient (Wildman–Crippen LogP) is 3.03. The molecule has 2 aromatic rings. The quantitative estimate of drug-likeness (QED) is 0.877. The van der Waals surface area contributed by atoms with Crippen LogP contribution in [0.4, 0.5) is 8.78 Å². The molecule has 1 N–H and O–H groups in total. The molecule has 0 saturated carbocycles. The van der Waals surface area contributed by atoms with E-state index in [9.17, 15) is 18.4 Å². The number of hydrogen-bond acceptors (Lipinski definition) is 4. The van der Waals surface area contributed by atoms with Gasteiger partial charge in [0.05, 0.1) is 5.56 Å². The summed E-state index contributed by atoms with van der Waals surface area (Å²) in [5.41, 5.74) is -0.320. The first kappa shape index (κ1) is 17.0. The lowest BCUT2D eigenvalue weighted by atomic mass is 10.2. The molecule has 0 fully saturated rings. The molecule has 23 heavy (non-hydrogen) atoms. The van der Waals surface area contributed by atoms with Crippen LogP contribution in [0.15, 0.2) is 23.6 Å². The van der Waals surface area contributed by atoms with Gasteiger partial charge in [0, 0.05) is 11.9 Å². The van der Waals surface area contributed by atoms with Gasteiger partial charge in [0.25, 0.3) is 5.91 Å². The maximum absolute atomic E-state index is 13.8. The van der Waals surface area contributed by atoms with Gasteiger partial charge in [-0.05, 0) is 18.6 Å². The summed E-state index contributed by atoms with van der Waals surface area (Å²) in [7, 11) is 0. The molecule has 2 rings (SSSR count). The fraction of sp³-hybridized carbons (Fsp3) is 0.267. The molecule has 0 radical (unpaired) electrons. The van der Waals surface area contributed by atoms with Crippen LogP contribution in [0.1, 0.15) is 23.8 Å². The maximum atomic E-state index is 13.8. The van der Waals surface area contributed by atoms with Gasteiger partial charge in [-0.15, -0.1) is 11.3 Å². The number of carboxylic acid groups (broad SMARTS) is 1. The SMILES string of the molecule is CCCN(CC(=O)O)C(=O)c1csc(-c2c(F)cccc2F)n1. The predicted molar refractivity (Wildman–Crippen MR) is 81.3 cm³/mol.